The maximum atomic E-state index is 6.94. The molecule has 152 valence electrons. The minimum atomic E-state index is -0.250. The van der Waals surface area contributed by atoms with E-state index in [1.54, 1.807) is 0 Å². The minimum Gasteiger partial charge on any atom is -1.00 e. The fraction of sp³-hybridized carbons (Fsp3) is 0.208. The molecule has 0 radical (unpaired) electrons. The van der Waals surface area contributed by atoms with Crippen LogP contribution in [0, 0.1) is 0 Å². The predicted molar refractivity (Wildman–Crippen MR) is 119 cm³/mol. The second-order valence-electron chi connectivity index (χ2n) is 7.56. The second kappa shape index (κ2) is 13.3. The van der Waals surface area contributed by atoms with E-state index in [1.165, 1.54) is 26.7 Å². The molecule has 0 fully saturated rings. The average molecular weight is 476 g/mol. The van der Waals surface area contributed by atoms with E-state index in [2.05, 4.69) is 111 Å². The quantitative estimate of drug-likeness (QED) is 0.284. The summed E-state index contributed by atoms with van der Waals surface area (Å²) in [7, 11) is 0. The fourth-order valence-corrected chi connectivity index (χ4v) is 4.07. The Morgan fingerprint density at radius 1 is 0.724 bits per heavy atom. The van der Waals surface area contributed by atoms with Crippen molar-refractivity contribution in [3.05, 3.63) is 90.7 Å². The molecule has 0 saturated carbocycles. The molecule has 0 aliphatic rings. The van der Waals surface area contributed by atoms with Crippen molar-refractivity contribution in [2.45, 2.75) is 32.9 Å². The van der Waals surface area contributed by atoms with Gasteiger partial charge in [-0.2, -0.15) is 0 Å². The monoisotopic (exact) mass is 475 g/mol. The number of nitrogens with one attached hydrogen (secondary N) is 1. The summed E-state index contributed by atoms with van der Waals surface area (Å²) in [6.07, 6.45) is -0.212. The SMILES string of the molecule is CC(C)(C)[NH-].C[Si](=[Ti+2])c1ccccc1.[Cl-].[Cl-].c1ccc2c(c1)[cH-]c1ccccc12. The Labute approximate surface area is 199 Å². The molecule has 29 heavy (non-hydrogen) atoms. The Bertz CT molecular complexity index is 951. The Hall–Kier alpha value is -0.999. The first-order valence-corrected chi connectivity index (χ1v) is 13.5. The van der Waals surface area contributed by atoms with Gasteiger partial charge in [0.2, 0.25) is 0 Å². The van der Waals surface area contributed by atoms with Gasteiger partial charge in [-0.25, -0.2) is 0 Å². The third kappa shape index (κ3) is 10.0. The molecule has 0 bridgehead atoms. The molecule has 5 heteroatoms. The Morgan fingerprint density at radius 3 is 1.41 bits per heavy atom. The number of rotatable bonds is 1. The van der Waals surface area contributed by atoms with Crippen LogP contribution < -0.4 is 30.0 Å². The molecular formula is C24H27Cl2NSiTi-2. The number of halogens is 2. The van der Waals surface area contributed by atoms with Crippen LogP contribution in [-0.4, -0.2) is 11.7 Å². The third-order valence-corrected chi connectivity index (χ3v) is 6.28. The van der Waals surface area contributed by atoms with E-state index in [1.807, 2.05) is 20.8 Å². The van der Waals surface area contributed by atoms with Crippen LogP contribution >= 0.6 is 0 Å². The molecule has 0 aliphatic heterocycles. The summed E-state index contributed by atoms with van der Waals surface area (Å²) < 4.78 is 0. The van der Waals surface area contributed by atoms with Crippen LogP contribution in [0.1, 0.15) is 20.8 Å². The van der Waals surface area contributed by atoms with Gasteiger partial charge >= 0.3 is 67.4 Å². The zero-order valence-corrected chi connectivity index (χ0v) is 21.4. The summed E-state index contributed by atoms with van der Waals surface area (Å²) in [5.41, 5.74) is 6.69. The Kier molecular flexibility index (Phi) is 12.9. The van der Waals surface area contributed by atoms with Gasteiger partial charge in [0.1, 0.15) is 0 Å². The summed E-state index contributed by atoms with van der Waals surface area (Å²) in [5, 5.41) is 6.91. The van der Waals surface area contributed by atoms with Crippen LogP contribution in [0.2, 0.25) is 6.55 Å². The van der Waals surface area contributed by atoms with Gasteiger partial charge < -0.3 is 30.5 Å². The van der Waals surface area contributed by atoms with Gasteiger partial charge in [-0.1, -0.05) is 57.2 Å². The van der Waals surface area contributed by atoms with Crippen molar-refractivity contribution in [3.8, 4) is 0 Å². The topological polar surface area (TPSA) is 23.8 Å². The summed E-state index contributed by atoms with van der Waals surface area (Å²) >= 11 is 2.31. The van der Waals surface area contributed by atoms with Gasteiger partial charge in [0.05, 0.1) is 0 Å². The fourth-order valence-electron chi connectivity index (χ4n) is 2.59. The van der Waals surface area contributed by atoms with Crippen molar-refractivity contribution in [1.29, 1.82) is 0 Å². The van der Waals surface area contributed by atoms with Crippen molar-refractivity contribution >= 4 is 32.9 Å². The molecule has 4 aromatic carbocycles. The van der Waals surface area contributed by atoms with Crippen LogP contribution in [-0.2, 0) is 19.2 Å². The van der Waals surface area contributed by atoms with Gasteiger partial charge in [0.15, 0.2) is 0 Å². The molecule has 0 amide bonds. The van der Waals surface area contributed by atoms with Crippen LogP contribution in [0.25, 0.3) is 27.3 Å². The molecule has 4 aromatic rings. The largest absolute Gasteiger partial charge is 1.00 e. The molecule has 0 spiro atoms. The van der Waals surface area contributed by atoms with Gasteiger partial charge in [0.25, 0.3) is 0 Å². The molecular weight excluding hydrogens is 449 g/mol. The summed E-state index contributed by atoms with van der Waals surface area (Å²) in [4.78, 5) is 0. The van der Waals surface area contributed by atoms with Gasteiger partial charge in [0, 0.05) is 0 Å². The Morgan fingerprint density at radius 2 is 1.07 bits per heavy atom. The van der Waals surface area contributed by atoms with E-state index in [0.29, 0.717) is 0 Å². The van der Waals surface area contributed by atoms with Crippen LogP contribution in [0.5, 0.6) is 0 Å². The van der Waals surface area contributed by atoms with Crippen LogP contribution in [0.4, 0.5) is 0 Å². The van der Waals surface area contributed by atoms with Crippen LogP contribution in [0.3, 0.4) is 0 Å². The maximum Gasteiger partial charge on any atom is -0.0771 e. The van der Waals surface area contributed by atoms with Crippen molar-refractivity contribution in [3.63, 3.8) is 0 Å². The molecule has 4 rings (SSSR count). The summed E-state index contributed by atoms with van der Waals surface area (Å²) in [5.74, 6) is 0. The summed E-state index contributed by atoms with van der Waals surface area (Å²) in [6.45, 7) is 7.87. The van der Waals surface area contributed by atoms with E-state index in [4.69, 9.17) is 5.73 Å². The first-order chi connectivity index (χ1) is 12.8. The molecule has 0 aromatic heterocycles. The number of benzene rings is 3. The van der Waals surface area contributed by atoms with E-state index in [9.17, 15) is 0 Å². The van der Waals surface area contributed by atoms with Gasteiger partial charge in [-0.05, 0) is 0 Å². The van der Waals surface area contributed by atoms with Gasteiger partial charge in [-0.15, -0.1) is 45.3 Å². The number of hydrogen-bond donors (Lipinski definition) is 0. The predicted octanol–water partition coefficient (Wildman–Crippen LogP) is 0.619. The van der Waals surface area contributed by atoms with Gasteiger partial charge in [-0.3, -0.25) is 0 Å². The molecule has 1 nitrogen and oxygen atoms in total. The summed E-state index contributed by atoms with van der Waals surface area (Å²) in [6, 6.07) is 30.0. The first-order valence-electron chi connectivity index (χ1n) is 9.14. The smallest absolute Gasteiger partial charge is 0.0771 e. The first kappa shape index (κ1) is 28.0. The zero-order chi connectivity index (χ0) is 19.9. The van der Waals surface area contributed by atoms with Crippen LogP contribution in [0.15, 0.2) is 84.9 Å². The van der Waals surface area contributed by atoms with E-state index >= 15 is 0 Å². The van der Waals surface area contributed by atoms with Crippen molar-refractivity contribution in [1.82, 2.24) is 0 Å². The number of hydrogen-bond acceptors (Lipinski definition) is 0. The number of fused-ring (bicyclic) bond motifs is 3. The molecule has 0 heterocycles. The molecule has 0 atom stereocenters. The molecule has 1 N–H and O–H groups in total. The standard InChI is InChI=1S/C13H9.C7H8Si.C4H10N.2ClH.Ti/c1-3-7-12-10(5-1)9-11-6-2-4-8-13(11)12;1-8-7-5-3-2-4-6-7;1-4(2,3)5;;;/h1-9H;2-6H,1H3;5H,1-3H3;2*1H;/q-1;;-1;;;+2/p-2. The molecule has 0 saturated heterocycles. The normalized spacial score (nSPS) is 9.90. The second-order valence-corrected chi connectivity index (χ2v) is 12.9. The van der Waals surface area contributed by atoms with Crippen molar-refractivity contribution < 1.29 is 44.0 Å². The van der Waals surface area contributed by atoms with E-state index < -0.39 is 0 Å². The Balaban J connectivity index is 0.000000435. The molecule has 0 unspecified atom stereocenters. The van der Waals surface area contributed by atoms with E-state index in [0.717, 1.165) is 0 Å². The maximum absolute atomic E-state index is 6.94. The van der Waals surface area contributed by atoms with E-state index in [-0.39, 0.29) is 36.5 Å². The third-order valence-electron chi connectivity index (χ3n) is 3.73. The zero-order valence-electron chi connectivity index (χ0n) is 17.3. The van der Waals surface area contributed by atoms with Crippen molar-refractivity contribution in [2.75, 3.05) is 0 Å². The minimum absolute atomic E-state index is 0. The average Bonchev–Trinajstić information content (AvgIpc) is 3.00. The molecule has 0 aliphatic carbocycles. The van der Waals surface area contributed by atoms with Crippen molar-refractivity contribution in [2.24, 2.45) is 0 Å².